The molecule has 20 heavy (non-hydrogen) atoms. The van der Waals surface area contributed by atoms with Crippen molar-refractivity contribution in [3.8, 4) is 0 Å². The molecule has 2 aromatic rings. The fraction of sp³-hybridized carbons (Fsp3) is 0.400. The summed E-state index contributed by atoms with van der Waals surface area (Å²) in [6.45, 7) is 9.09. The van der Waals surface area contributed by atoms with E-state index in [0.717, 1.165) is 27.7 Å². The summed E-state index contributed by atoms with van der Waals surface area (Å²) in [7, 11) is 0. The van der Waals surface area contributed by atoms with Gasteiger partial charge in [-0.05, 0) is 63.2 Å². The summed E-state index contributed by atoms with van der Waals surface area (Å²) in [5, 5.41) is 4.87. The van der Waals surface area contributed by atoms with Gasteiger partial charge in [0, 0.05) is 22.0 Å². The molecule has 0 spiro atoms. The maximum absolute atomic E-state index is 6.10. The van der Waals surface area contributed by atoms with Crippen molar-refractivity contribution >= 4 is 23.4 Å². The smallest absolute Gasteiger partial charge is 0.260 e. The van der Waals surface area contributed by atoms with Gasteiger partial charge in [-0.15, -0.1) is 0 Å². The normalized spacial score (nSPS) is 11.8. The molecule has 0 atom stereocenters. The standard InChI is InChI=1S/C15H19ClN2OS/c1-10-9-19-14(18-10)20-13-6-5-12(16)7-11(13)8-17-15(2,3)4/h5-7,9,17H,8H2,1-4H3. The van der Waals surface area contributed by atoms with Crippen LogP contribution in [0.2, 0.25) is 5.02 Å². The van der Waals surface area contributed by atoms with E-state index in [4.69, 9.17) is 16.0 Å². The zero-order chi connectivity index (χ0) is 14.8. The van der Waals surface area contributed by atoms with Crippen molar-refractivity contribution in [2.45, 2.75) is 49.9 Å². The minimum Gasteiger partial charge on any atom is -0.439 e. The lowest BCUT2D eigenvalue weighted by Gasteiger charge is -2.21. The Bertz CT molecular complexity index is 590. The van der Waals surface area contributed by atoms with Gasteiger partial charge in [-0.2, -0.15) is 0 Å². The Labute approximate surface area is 129 Å². The lowest BCUT2D eigenvalue weighted by atomic mass is 10.1. The maximum Gasteiger partial charge on any atom is 0.260 e. The van der Waals surface area contributed by atoms with Crippen molar-refractivity contribution in [3.05, 3.63) is 40.7 Å². The predicted octanol–water partition coefficient (Wildman–Crippen LogP) is 4.68. The average molecular weight is 311 g/mol. The van der Waals surface area contributed by atoms with Crippen LogP contribution in [-0.4, -0.2) is 10.5 Å². The molecule has 1 aromatic heterocycles. The number of hydrogen-bond acceptors (Lipinski definition) is 4. The quantitative estimate of drug-likeness (QED) is 0.890. The van der Waals surface area contributed by atoms with E-state index in [1.165, 1.54) is 11.8 Å². The Morgan fingerprint density at radius 1 is 1.35 bits per heavy atom. The average Bonchev–Trinajstić information content (AvgIpc) is 2.74. The van der Waals surface area contributed by atoms with Crippen LogP contribution in [0.5, 0.6) is 0 Å². The molecule has 108 valence electrons. The van der Waals surface area contributed by atoms with E-state index in [-0.39, 0.29) is 5.54 Å². The van der Waals surface area contributed by atoms with Crippen molar-refractivity contribution in [2.24, 2.45) is 0 Å². The van der Waals surface area contributed by atoms with Crippen LogP contribution in [0.4, 0.5) is 0 Å². The van der Waals surface area contributed by atoms with Crippen LogP contribution in [0.3, 0.4) is 0 Å². The lowest BCUT2D eigenvalue weighted by Crippen LogP contribution is -2.35. The van der Waals surface area contributed by atoms with Crippen molar-refractivity contribution < 1.29 is 4.42 Å². The summed E-state index contributed by atoms with van der Waals surface area (Å²) in [6.07, 6.45) is 1.66. The van der Waals surface area contributed by atoms with Gasteiger partial charge in [-0.25, -0.2) is 4.98 Å². The molecule has 1 N–H and O–H groups in total. The van der Waals surface area contributed by atoms with Crippen LogP contribution < -0.4 is 5.32 Å². The number of nitrogens with zero attached hydrogens (tertiary/aromatic N) is 1. The lowest BCUT2D eigenvalue weighted by molar-refractivity contribution is 0.422. The second-order valence-electron chi connectivity index (χ2n) is 5.71. The van der Waals surface area contributed by atoms with E-state index in [2.05, 4.69) is 31.1 Å². The number of oxazole rings is 1. The van der Waals surface area contributed by atoms with Crippen molar-refractivity contribution in [2.75, 3.05) is 0 Å². The van der Waals surface area contributed by atoms with Gasteiger partial charge in [-0.3, -0.25) is 0 Å². The van der Waals surface area contributed by atoms with E-state index < -0.39 is 0 Å². The van der Waals surface area contributed by atoms with E-state index in [0.29, 0.717) is 5.22 Å². The van der Waals surface area contributed by atoms with Gasteiger partial charge in [0.25, 0.3) is 5.22 Å². The first-order valence-corrected chi connectivity index (χ1v) is 7.66. The first-order valence-electron chi connectivity index (χ1n) is 6.47. The molecule has 5 heteroatoms. The molecule has 2 rings (SSSR count). The summed E-state index contributed by atoms with van der Waals surface area (Å²) in [4.78, 5) is 5.43. The van der Waals surface area contributed by atoms with E-state index in [1.807, 2.05) is 25.1 Å². The highest BCUT2D eigenvalue weighted by molar-refractivity contribution is 7.99. The van der Waals surface area contributed by atoms with Gasteiger partial charge < -0.3 is 9.73 Å². The monoisotopic (exact) mass is 310 g/mol. The molecule has 1 heterocycles. The Hall–Kier alpha value is -0.970. The maximum atomic E-state index is 6.10. The summed E-state index contributed by atoms with van der Waals surface area (Å²) >= 11 is 7.62. The first kappa shape index (κ1) is 15.4. The highest BCUT2D eigenvalue weighted by atomic mass is 35.5. The molecule has 0 saturated carbocycles. The van der Waals surface area contributed by atoms with Crippen LogP contribution in [-0.2, 0) is 6.54 Å². The van der Waals surface area contributed by atoms with Crippen LogP contribution in [0.15, 0.2) is 39.0 Å². The third kappa shape index (κ3) is 4.54. The van der Waals surface area contributed by atoms with Crippen LogP contribution in [0.25, 0.3) is 0 Å². The van der Waals surface area contributed by atoms with E-state index in [1.54, 1.807) is 6.26 Å². The predicted molar refractivity (Wildman–Crippen MR) is 83.4 cm³/mol. The second kappa shape index (κ2) is 6.20. The van der Waals surface area contributed by atoms with Gasteiger partial charge in [-0.1, -0.05) is 11.6 Å². The number of hydrogen-bond donors (Lipinski definition) is 1. The van der Waals surface area contributed by atoms with E-state index in [9.17, 15) is 0 Å². The van der Waals surface area contributed by atoms with Gasteiger partial charge in [0.2, 0.25) is 0 Å². The first-order chi connectivity index (χ1) is 9.33. The fourth-order valence-corrected chi connectivity index (χ4v) is 2.69. The molecule has 0 radical (unpaired) electrons. The van der Waals surface area contributed by atoms with Gasteiger partial charge in [0.15, 0.2) is 0 Å². The largest absolute Gasteiger partial charge is 0.439 e. The minimum atomic E-state index is 0.0593. The minimum absolute atomic E-state index is 0.0593. The Kier molecular flexibility index (Phi) is 4.78. The Morgan fingerprint density at radius 2 is 2.10 bits per heavy atom. The van der Waals surface area contributed by atoms with Crippen molar-refractivity contribution in [1.29, 1.82) is 0 Å². The molecule has 0 amide bonds. The molecule has 1 aromatic carbocycles. The fourth-order valence-electron chi connectivity index (χ4n) is 1.62. The summed E-state index contributed by atoms with van der Waals surface area (Å²) < 4.78 is 5.40. The molecule has 0 saturated heterocycles. The van der Waals surface area contributed by atoms with Gasteiger partial charge in [0.05, 0.1) is 5.69 Å². The number of aryl methyl sites for hydroxylation is 1. The molecule has 0 aliphatic heterocycles. The number of nitrogens with one attached hydrogen (secondary N) is 1. The number of rotatable bonds is 4. The number of benzene rings is 1. The van der Waals surface area contributed by atoms with Crippen molar-refractivity contribution in [3.63, 3.8) is 0 Å². The molecule has 0 unspecified atom stereocenters. The van der Waals surface area contributed by atoms with E-state index >= 15 is 0 Å². The Morgan fingerprint density at radius 3 is 2.70 bits per heavy atom. The van der Waals surface area contributed by atoms with Gasteiger partial charge in [0.1, 0.15) is 6.26 Å². The van der Waals surface area contributed by atoms with Crippen LogP contribution >= 0.6 is 23.4 Å². The third-order valence-corrected chi connectivity index (χ3v) is 3.84. The molecule has 3 nitrogen and oxygen atoms in total. The zero-order valence-corrected chi connectivity index (χ0v) is 13.7. The number of halogens is 1. The Balaban J connectivity index is 2.19. The summed E-state index contributed by atoms with van der Waals surface area (Å²) in [5.41, 5.74) is 2.09. The molecule has 0 aliphatic carbocycles. The highest BCUT2D eigenvalue weighted by Gasteiger charge is 2.13. The van der Waals surface area contributed by atoms with Crippen LogP contribution in [0.1, 0.15) is 32.0 Å². The molecular weight excluding hydrogens is 292 g/mol. The molecule has 0 bridgehead atoms. The SMILES string of the molecule is Cc1coc(Sc2ccc(Cl)cc2CNC(C)(C)C)n1. The van der Waals surface area contributed by atoms with Crippen LogP contribution in [0, 0.1) is 6.92 Å². The van der Waals surface area contributed by atoms with Gasteiger partial charge >= 0.3 is 0 Å². The molecule has 0 aliphatic rings. The highest BCUT2D eigenvalue weighted by Crippen LogP contribution is 2.31. The topological polar surface area (TPSA) is 38.1 Å². The molecular formula is C15H19ClN2OS. The summed E-state index contributed by atoms with van der Waals surface area (Å²) in [5.74, 6) is 0. The summed E-state index contributed by atoms with van der Waals surface area (Å²) in [6, 6.07) is 5.88. The third-order valence-electron chi connectivity index (χ3n) is 2.63. The zero-order valence-electron chi connectivity index (χ0n) is 12.2. The molecule has 0 fully saturated rings. The number of aromatic nitrogens is 1. The second-order valence-corrected chi connectivity index (χ2v) is 7.14. The van der Waals surface area contributed by atoms with Crippen molar-refractivity contribution in [1.82, 2.24) is 10.3 Å².